The third kappa shape index (κ3) is 5.67. The summed E-state index contributed by atoms with van der Waals surface area (Å²) >= 11 is 0. The average Bonchev–Trinajstić information content (AvgIpc) is 3.00. The first-order chi connectivity index (χ1) is 13.7. The molecule has 0 aliphatic carbocycles. The van der Waals surface area contributed by atoms with Crippen molar-refractivity contribution in [2.45, 2.75) is 39.5 Å². The fourth-order valence-electron chi connectivity index (χ4n) is 3.36. The summed E-state index contributed by atoms with van der Waals surface area (Å²) in [6, 6.07) is 9.43. The molecule has 1 saturated heterocycles. The van der Waals surface area contributed by atoms with Gasteiger partial charge in [-0.05, 0) is 25.5 Å². The summed E-state index contributed by atoms with van der Waals surface area (Å²) in [6.07, 6.45) is 0.835. The maximum Gasteiger partial charge on any atom is 0.253 e. The molecule has 7 nitrogen and oxygen atoms in total. The number of carbonyl (C=O) groups is 2. The molecule has 2 amide bonds. The van der Waals surface area contributed by atoms with Crippen LogP contribution in [0.25, 0.3) is 0 Å². The molecule has 29 heavy (non-hydrogen) atoms. The fourth-order valence-corrected chi connectivity index (χ4v) is 3.36. The van der Waals surface area contributed by atoms with Crippen molar-refractivity contribution < 1.29 is 14.1 Å². The van der Waals surface area contributed by atoms with E-state index in [4.69, 9.17) is 4.52 Å². The van der Waals surface area contributed by atoms with Gasteiger partial charge >= 0.3 is 0 Å². The van der Waals surface area contributed by atoms with Crippen LogP contribution >= 0.6 is 0 Å². The van der Waals surface area contributed by atoms with Gasteiger partial charge in [-0.15, -0.1) is 0 Å². The van der Waals surface area contributed by atoms with E-state index in [0.29, 0.717) is 25.5 Å². The predicted molar refractivity (Wildman–Crippen MR) is 112 cm³/mol. The third-order valence-corrected chi connectivity index (χ3v) is 5.05. The Morgan fingerprint density at radius 3 is 2.62 bits per heavy atom. The van der Waals surface area contributed by atoms with Gasteiger partial charge in [-0.3, -0.25) is 19.8 Å². The topological polar surface area (TPSA) is 78.7 Å². The number of carbonyl (C=O) groups excluding carboxylic acids is 2. The minimum absolute atomic E-state index is 0.0522. The Balaban J connectivity index is 1.52. The predicted octanol–water partition coefficient (Wildman–Crippen LogP) is 3.07. The zero-order valence-corrected chi connectivity index (χ0v) is 17.7. The van der Waals surface area contributed by atoms with Crippen LogP contribution in [-0.2, 0) is 10.2 Å². The summed E-state index contributed by atoms with van der Waals surface area (Å²) < 4.78 is 5.23. The molecule has 2 heterocycles. The number of nitrogens with one attached hydrogen (secondary N) is 1. The van der Waals surface area contributed by atoms with E-state index in [9.17, 15) is 9.59 Å². The van der Waals surface area contributed by atoms with Gasteiger partial charge in [0.2, 0.25) is 11.8 Å². The Morgan fingerprint density at radius 1 is 1.14 bits per heavy atom. The van der Waals surface area contributed by atoms with Crippen molar-refractivity contribution >= 4 is 17.7 Å². The lowest BCUT2D eigenvalue weighted by Gasteiger charge is -2.21. The van der Waals surface area contributed by atoms with Gasteiger partial charge in [0.25, 0.3) is 5.91 Å². The Kier molecular flexibility index (Phi) is 6.37. The normalized spacial score (nSPS) is 15.8. The monoisotopic (exact) mass is 398 g/mol. The van der Waals surface area contributed by atoms with Gasteiger partial charge in [-0.2, -0.15) is 0 Å². The number of benzene rings is 1. The number of hydrogen-bond acceptors (Lipinski definition) is 5. The van der Waals surface area contributed by atoms with E-state index in [2.05, 4.69) is 15.4 Å². The summed E-state index contributed by atoms with van der Waals surface area (Å²) in [5, 5.41) is 6.80. The van der Waals surface area contributed by atoms with Gasteiger partial charge in [0, 0.05) is 43.2 Å². The Labute approximate surface area is 172 Å². The summed E-state index contributed by atoms with van der Waals surface area (Å²) in [4.78, 5) is 29.1. The Bertz CT molecular complexity index is 869. The molecule has 1 aliphatic rings. The van der Waals surface area contributed by atoms with E-state index in [0.717, 1.165) is 29.8 Å². The molecule has 1 aromatic carbocycles. The molecule has 156 valence electrons. The SMILES string of the molecule is Cc1cccc(C(=O)N2CCCN(CC(=O)Nc3cc(C(C)(C)C)no3)CC2)c1. The molecule has 0 spiro atoms. The molecule has 0 unspecified atom stereocenters. The van der Waals surface area contributed by atoms with Crippen molar-refractivity contribution in [2.24, 2.45) is 0 Å². The molecule has 2 aromatic rings. The van der Waals surface area contributed by atoms with Crippen LogP contribution in [0.3, 0.4) is 0 Å². The molecule has 0 bridgehead atoms. The molecule has 3 rings (SSSR count). The average molecular weight is 399 g/mol. The van der Waals surface area contributed by atoms with Gasteiger partial charge in [-0.25, -0.2) is 0 Å². The minimum Gasteiger partial charge on any atom is -0.338 e. The highest BCUT2D eigenvalue weighted by molar-refractivity contribution is 5.94. The van der Waals surface area contributed by atoms with Crippen molar-refractivity contribution in [1.82, 2.24) is 15.0 Å². The van der Waals surface area contributed by atoms with Crippen molar-refractivity contribution in [3.05, 3.63) is 47.2 Å². The van der Waals surface area contributed by atoms with Crippen LogP contribution < -0.4 is 5.32 Å². The highest BCUT2D eigenvalue weighted by Crippen LogP contribution is 2.23. The second kappa shape index (κ2) is 8.78. The number of nitrogens with zero attached hydrogens (tertiary/aromatic N) is 3. The smallest absolute Gasteiger partial charge is 0.253 e. The summed E-state index contributed by atoms with van der Waals surface area (Å²) in [5.41, 5.74) is 2.46. The molecule has 7 heteroatoms. The van der Waals surface area contributed by atoms with Crippen molar-refractivity contribution in [2.75, 3.05) is 38.0 Å². The molecular weight excluding hydrogens is 368 g/mol. The number of aryl methyl sites for hydroxylation is 1. The van der Waals surface area contributed by atoms with Crippen LogP contribution in [0.2, 0.25) is 0 Å². The minimum atomic E-state index is -0.139. The largest absolute Gasteiger partial charge is 0.338 e. The fraction of sp³-hybridized carbons (Fsp3) is 0.500. The summed E-state index contributed by atoms with van der Waals surface area (Å²) in [6.45, 7) is 11.1. The number of aromatic nitrogens is 1. The van der Waals surface area contributed by atoms with Crippen LogP contribution in [0.15, 0.2) is 34.9 Å². The number of rotatable bonds is 4. The molecule has 1 aliphatic heterocycles. The van der Waals surface area contributed by atoms with Gasteiger partial charge < -0.3 is 9.42 Å². The van der Waals surface area contributed by atoms with E-state index in [1.165, 1.54) is 0 Å². The lowest BCUT2D eigenvalue weighted by molar-refractivity contribution is -0.117. The van der Waals surface area contributed by atoms with Gasteiger partial charge in [0.15, 0.2) is 0 Å². The van der Waals surface area contributed by atoms with E-state index in [-0.39, 0.29) is 23.8 Å². The zero-order valence-electron chi connectivity index (χ0n) is 17.7. The standard InChI is InChI=1S/C22H30N4O3/c1-16-7-5-8-17(13-16)21(28)26-10-6-9-25(11-12-26)15-19(27)23-20-14-18(24-29-20)22(2,3)4/h5,7-8,13-14H,6,9-12,15H2,1-4H3,(H,23,27). The van der Waals surface area contributed by atoms with Crippen LogP contribution in [0, 0.1) is 6.92 Å². The summed E-state index contributed by atoms with van der Waals surface area (Å²) in [7, 11) is 0. The van der Waals surface area contributed by atoms with Crippen LogP contribution in [-0.4, -0.2) is 59.5 Å². The van der Waals surface area contributed by atoms with Crippen molar-refractivity contribution in [1.29, 1.82) is 0 Å². The Hall–Kier alpha value is -2.67. The van der Waals surface area contributed by atoms with E-state index < -0.39 is 0 Å². The van der Waals surface area contributed by atoms with E-state index in [1.54, 1.807) is 6.07 Å². The van der Waals surface area contributed by atoms with Gasteiger partial charge in [0.05, 0.1) is 12.2 Å². The highest BCUT2D eigenvalue weighted by Gasteiger charge is 2.23. The highest BCUT2D eigenvalue weighted by atomic mass is 16.5. The number of hydrogen-bond donors (Lipinski definition) is 1. The molecule has 1 aromatic heterocycles. The second-order valence-corrected chi connectivity index (χ2v) is 8.67. The first kappa shape index (κ1) is 21.0. The zero-order chi connectivity index (χ0) is 21.0. The lowest BCUT2D eigenvalue weighted by Crippen LogP contribution is -2.38. The van der Waals surface area contributed by atoms with Crippen molar-refractivity contribution in [3.8, 4) is 0 Å². The van der Waals surface area contributed by atoms with E-state index >= 15 is 0 Å². The van der Waals surface area contributed by atoms with Gasteiger partial charge in [0.1, 0.15) is 0 Å². The lowest BCUT2D eigenvalue weighted by atomic mass is 9.92. The molecule has 1 N–H and O–H groups in total. The molecule has 1 fully saturated rings. The van der Waals surface area contributed by atoms with Crippen LogP contribution in [0.5, 0.6) is 0 Å². The molecule has 0 saturated carbocycles. The van der Waals surface area contributed by atoms with Crippen LogP contribution in [0.4, 0.5) is 5.88 Å². The van der Waals surface area contributed by atoms with Gasteiger partial charge in [-0.1, -0.05) is 43.6 Å². The van der Waals surface area contributed by atoms with Crippen LogP contribution in [0.1, 0.15) is 48.8 Å². The maximum absolute atomic E-state index is 12.8. The number of anilines is 1. The Morgan fingerprint density at radius 2 is 1.93 bits per heavy atom. The quantitative estimate of drug-likeness (QED) is 0.856. The summed E-state index contributed by atoms with van der Waals surface area (Å²) in [5.74, 6) is 0.280. The molecule has 0 radical (unpaired) electrons. The first-order valence-corrected chi connectivity index (χ1v) is 10.1. The van der Waals surface area contributed by atoms with E-state index in [1.807, 2.05) is 56.9 Å². The first-order valence-electron chi connectivity index (χ1n) is 10.1. The molecular formula is C22H30N4O3. The third-order valence-electron chi connectivity index (χ3n) is 5.05. The molecule has 0 atom stereocenters. The maximum atomic E-state index is 12.8. The van der Waals surface area contributed by atoms with Crippen molar-refractivity contribution in [3.63, 3.8) is 0 Å². The number of amides is 2. The second-order valence-electron chi connectivity index (χ2n) is 8.67.